The van der Waals surface area contributed by atoms with E-state index in [2.05, 4.69) is 0 Å². The first-order chi connectivity index (χ1) is 14.9. The Morgan fingerprint density at radius 2 is 2.03 bits per heavy atom. The van der Waals surface area contributed by atoms with Crippen LogP contribution in [0, 0.1) is 0 Å². The van der Waals surface area contributed by atoms with Crippen LogP contribution in [0.3, 0.4) is 0 Å². The zero-order valence-electron chi connectivity index (χ0n) is 17.1. The minimum atomic E-state index is -1.90. The van der Waals surface area contributed by atoms with Crippen LogP contribution in [-0.2, 0) is 33.0 Å². The smallest absolute Gasteiger partial charge is 0.343 e. The van der Waals surface area contributed by atoms with Crippen molar-refractivity contribution in [2.75, 3.05) is 6.61 Å². The summed E-state index contributed by atoms with van der Waals surface area (Å²) in [6.07, 6.45) is 0.0633. The first-order valence-corrected chi connectivity index (χ1v) is 10.2. The molecule has 0 amide bonds. The van der Waals surface area contributed by atoms with Crippen LogP contribution >= 0.6 is 0 Å². The molecule has 8 heteroatoms. The highest BCUT2D eigenvalue weighted by atomic mass is 16.6. The lowest BCUT2D eigenvalue weighted by molar-refractivity contribution is -0.172. The van der Waals surface area contributed by atoms with E-state index in [1.165, 1.54) is 4.57 Å². The van der Waals surface area contributed by atoms with E-state index in [1.807, 2.05) is 12.1 Å². The fourth-order valence-corrected chi connectivity index (χ4v) is 4.46. The molecule has 1 atom stereocenters. The van der Waals surface area contributed by atoms with Gasteiger partial charge >= 0.3 is 11.9 Å². The van der Waals surface area contributed by atoms with Gasteiger partial charge in [0, 0.05) is 16.5 Å². The summed E-state index contributed by atoms with van der Waals surface area (Å²) in [7, 11) is 0. The van der Waals surface area contributed by atoms with E-state index in [-0.39, 0.29) is 42.9 Å². The molecule has 0 fully saturated rings. The molecule has 0 saturated heterocycles. The minimum Gasteiger partial charge on any atom is -0.462 e. The number of aromatic nitrogens is 2. The molecule has 0 aliphatic carbocycles. The number of carbonyl (C=O) groups excluding carboxylic acids is 2. The van der Waals surface area contributed by atoms with Crippen molar-refractivity contribution in [3.05, 3.63) is 62.9 Å². The van der Waals surface area contributed by atoms with Crippen LogP contribution in [-0.4, -0.2) is 33.2 Å². The highest BCUT2D eigenvalue weighted by molar-refractivity contribution is 6.07. The Balaban J connectivity index is 1.83. The fourth-order valence-electron chi connectivity index (χ4n) is 4.46. The SMILES string of the molecule is CCOC(=O)c1c2c(nc3ccccc13)-c1cc3c(c(=O)n1C2)COC(=O)[C@]3(O)CC. The molecule has 0 radical (unpaired) electrons. The molecule has 31 heavy (non-hydrogen) atoms. The van der Waals surface area contributed by atoms with Crippen LogP contribution in [0.4, 0.5) is 0 Å². The van der Waals surface area contributed by atoms with Gasteiger partial charge in [-0.1, -0.05) is 25.1 Å². The molecule has 0 saturated carbocycles. The van der Waals surface area contributed by atoms with Gasteiger partial charge in [0.1, 0.15) is 6.61 Å². The second-order valence-electron chi connectivity index (χ2n) is 7.65. The topological polar surface area (TPSA) is 108 Å². The number of fused-ring (bicyclic) bond motifs is 5. The fraction of sp³-hybridized carbons (Fsp3) is 0.304. The molecule has 0 bridgehead atoms. The van der Waals surface area contributed by atoms with E-state index in [1.54, 1.807) is 32.0 Å². The Hall–Kier alpha value is -3.52. The monoisotopic (exact) mass is 420 g/mol. The van der Waals surface area contributed by atoms with Crippen LogP contribution in [0.25, 0.3) is 22.3 Å². The lowest BCUT2D eigenvalue weighted by atomic mass is 9.86. The predicted octanol–water partition coefficient (Wildman–Crippen LogP) is 2.26. The van der Waals surface area contributed by atoms with Crippen molar-refractivity contribution in [1.82, 2.24) is 9.55 Å². The van der Waals surface area contributed by atoms with Gasteiger partial charge in [-0.05, 0) is 25.5 Å². The Labute approximate surface area is 177 Å². The molecule has 3 aromatic rings. The minimum absolute atomic E-state index is 0.0633. The molecule has 1 N–H and O–H groups in total. The average molecular weight is 420 g/mol. The number of rotatable bonds is 3. The van der Waals surface area contributed by atoms with Crippen molar-refractivity contribution < 1.29 is 24.2 Å². The van der Waals surface area contributed by atoms with Crippen molar-refractivity contribution >= 4 is 22.8 Å². The van der Waals surface area contributed by atoms with E-state index in [0.717, 1.165) is 0 Å². The van der Waals surface area contributed by atoms with Crippen molar-refractivity contribution in [2.45, 2.75) is 39.0 Å². The number of ether oxygens (including phenoxy) is 2. The van der Waals surface area contributed by atoms with E-state index in [4.69, 9.17) is 14.5 Å². The number of aliphatic hydroxyl groups is 1. The van der Waals surface area contributed by atoms with Gasteiger partial charge < -0.3 is 19.1 Å². The standard InChI is InChI=1S/C23H20N2O6/c1-3-23(29)15-9-17-19-13(10-25(17)20(26)14(15)11-31-22(23)28)18(21(27)30-4-2)12-7-5-6-8-16(12)24-19/h5-9,29H,3-4,10-11H2,1-2H3/t23-/m0/s1. The number of carbonyl (C=O) groups is 2. The second kappa shape index (κ2) is 6.75. The molecular formula is C23H20N2O6. The zero-order chi connectivity index (χ0) is 21.9. The van der Waals surface area contributed by atoms with E-state index >= 15 is 0 Å². The molecule has 2 aliphatic rings. The largest absolute Gasteiger partial charge is 0.462 e. The molecular weight excluding hydrogens is 400 g/mol. The van der Waals surface area contributed by atoms with Crippen molar-refractivity contribution in [3.8, 4) is 11.4 Å². The van der Waals surface area contributed by atoms with E-state index in [9.17, 15) is 19.5 Å². The Kier molecular flexibility index (Phi) is 4.23. The molecule has 1 aromatic carbocycles. The first-order valence-electron chi connectivity index (χ1n) is 10.2. The van der Waals surface area contributed by atoms with Gasteiger partial charge in [-0.3, -0.25) is 4.79 Å². The lowest BCUT2D eigenvalue weighted by Crippen LogP contribution is -2.44. The van der Waals surface area contributed by atoms with Gasteiger partial charge in [-0.25, -0.2) is 14.6 Å². The van der Waals surface area contributed by atoms with Crippen molar-refractivity contribution in [1.29, 1.82) is 0 Å². The van der Waals surface area contributed by atoms with Crippen LogP contribution in [0.1, 0.15) is 47.3 Å². The van der Waals surface area contributed by atoms with E-state index in [0.29, 0.717) is 33.4 Å². The summed E-state index contributed by atoms with van der Waals surface area (Å²) in [4.78, 5) is 43.2. The third-order valence-electron chi connectivity index (χ3n) is 6.07. The Morgan fingerprint density at radius 1 is 1.26 bits per heavy atom. The lowest BCUT2D eigenvalue weighted by Gasteiger charge is -2.31. The molecule has 158 valence electrons. The summed E-state index contributed by atoms with van der Waals surface area (Å²) < 4.78 is 11.9. The van der Waals surface area contributed by atoms with Crippen LogP contribution in [0.15, 0.2) is 35.1 Å². The molecule has 2 aliphatic heterocycles. The normalized spacial score (nSPS) is 18.9. The van der Waals surface area contributed by atoms with E-state index < -0.39 is 17.5 Å². The Morgan fingerprint density at radius 3 is 2.77 bits per heavy atom. The van der Waals surface area contributed by atoms with Crippen molar-refractivity contribution in [2.24, 2.45) is 0 Å². The highest BCUT2D eigenvalue weighted by Gasteiger charge is 2.45. The molecule has 4 heterocycles. The summed E-state index contributed by atoms with van der Waals surface area (Å²) in [5, 5.41) is 11.6. The zero-order valence-corrected chi connectivity index (χ0v) is 17.1. The summed E-state index contributed by atoms with van der Waals surface area (Å²) in [6.45, 7) is 3.54. The summed E-state index contributed by atoms with van der Waals surface area (Å²) >= 11 is 0. The number of para-hydroxylation sites is 1. The maximum Gasteiger partial charge on any atom is 0.343 e. The molecule has 5 rings (SSSR count). The highest BCUT2D eigenvalue weighted by Crippen LogP contribution is 2.40. The quantitative estimate of drug-likeness (QED) is 0.507. The molecule has 8 nitrogen and oxygen atoms in total. The number of hydrogen-bond donors (Lipinski definition) is 1. The van der Waals surface area contributed by atoms with Gasteiger partial charge in [0.25, 0.3) is 5.56 Å². The number of esters is 2. The third kappa shape index (κ3) is 2.58. The maximum atomic E-state index is 13.3. The predicted molar refractivity (Wildman–Crippen MR) is 110 cm³/mol. The maximum absolute atomic E-state index is 13.3. The number of hydrogen-bond acceptors (Lipinski definition) is 7. The van der Waals surface area contributed by atoms with Gasteiger partial charge in [0.05, 0.1) is 41.2 Å². The first kappa shape index (κ1) is 19.4. The number of pyridine rings is 2. The van der Waals surface area contributed by atoms with Gasteiger partial charge in [-0.2, -0.15) is 0 Å². The van der Waals surface area contributed by atoms with Crippen LogP contribution < -0.4 is 5.56 Å². The van der Waals surface area contributed by atoms with Crippen LogP contribution in [0.5, 0.6) is 0 Å². The number of benzene rings is 1. The molecule has 2 aromatic heterocycles. The van der Waals surface area contributed by atoms with Crippen molar-refractivity contribution in [3.63, 3.8) is 0 Å². The van der Waals surface area contributed by atoms with Crippen LogP contribution in [0.2, 0.25) is 0 Å². The van der Waals surface area contributed by atoms with Gasteiger partial charge in [0.15, 0.2) is 5.60 Å². The summed E-state index contributed by atoms with van der Waals surface area (Å²) in [5.74, 6) is -1.25. The second-order valence-corrected chi connectivity index (χ2v) is 7.65. The average Bonchev–Trinajstić information content (AvgIpc) is 3.13. The molecule has 0 unspecified atom stereocenters. The van der Waals surface area contributed by atoms with Gasteiger partial charge in [0.2, 0.25) is 0 Å². The third-order valence-corrected chi connectivity index (χ3v) is 6.07. The number of nitrogens with zero attached hydrogens (tertiary/aromatic N) is 2. The Bertz CT molecular complexity index is 1340. The van der Waals surface area contributed by atoms with Gasteiger partial charge in [-0.15, -0.1) is 0 Å². The summed E-state index contributed by atoms with van der Waals surface area (Å²) in [5.41, 5.74) is 0.690. The molecule has 0 spiro atoms. The number of cyclic esters (lactones) is 1. The summed E-state index contributed by atoms with van der Waals surface area (Å²) in [6, 6.07) is 8.85.